The monoisotopic (exact) mass is 539 g/mol. The van der Waals surface area contributed by atoms with Crippen molar-refractivity contribution in [2.45, 2.75) is 84.1 Å². The van der Waals surface area contributed by atoms with E-state index in [1.54, 1.807) is 12.1 Å². The zero-order chi connectivity index (χ0) is 28.5. The third kappa shape index (κ3) is 7.04. The van der Waals surface area contributed by atoms with E-state index in [2.05, 4.69) is 70.9 Å². The van der Waals surface area contributed by atoms with Crippen LogP contribution in [0.3, 0.4) is 0 Å². The van der Waals surface area contributed by atoms with Crippen LogP contribution in [0.2, 0.25) is 0 Å². The third-order valence-corrected chi connectivity index (χ3v) is 7.58. The van der Waals surface area contributed by atoms with Crippen LogP contribution in [0.5, 0.6) is 0 Å². The van der Waals surface area contributed by atoms with Gasteiger partial charge in [-0.15, -0.1) is 0 Å². The molecule has 0 radical (unpaired) electrons. The van der Waals surface area contributed by atoms with Gasteiger partial charge in [-0.1, -0.05) is 85.7 Å². The fourth-order valence-electron chi connectivity index (χ4n) is 4.32. The summed E-state index contributed by atoms with van der Waals surface area (Å²) < 4.78 is 34.8. The molecule has 1 N–H and O–H groups in total. The molecule has 0 bridgehead atoms. The Bertz CT molecular complexity index is 1390. The maximum absolute atomic E-state index is 13.0. The molecule has 1 amide bonds. The minimum atomic E-state index is -4.12. The first-order valence-electron chi connectivity index (χ1n) is 12.9. The number of ether oxygens (including phenoxy) is 1. The topological polar surface area (TPSA) is 90.3 Å². The van der Waals surface area contributed by atoms with Crippen LogP contribution in [0, 0.1) is 5.92 Å². The van der Waals surface area contributed by atoms with E-state index in [1.807, 2.05) is 35.1 Å². The molecule has 0 fully saturated rings. The molecule has 3 rings (SSSR count). The number of hydrogen-bond donors (Lipinski definition) is 1. The molecule has 0 aliphatic rings. The first kappa shape index (κ1) is 29.4. The van der Waals surface area contributed by atoms with E-state index >= 15 is 0 Å². The Balaban J connectivity index is 2.02. The molecule has 8 heteroatoms. The van der Waals surface area contributed by atoms with Crippen LogP contribution in [-0.2, 0) is 38.6 Å². The van der Waals surface area contributed by atoms with Crippen molar-refractivity contribution in [3.63, 3.8) is 0 Å². The zero-order valence-electron chi connectivity index (χ0n) is 24.0. The summed E-state index contributed by atoms with van der Waals surface area (Å²) in [5, 5.41) is 0. The van der Waals surface area contributed by atoms with Crippen LogP contribution >= 0.6 is 0 Å². The van der Waals surface area contributed by atoms with E-state index in [9.17, 15) is 13.2 Å². The number of nitrogens with zero attached hydrogens (tertiary/aromatic N) is 2. The molecule has 1 aromatic heterocycles. The number of nitrogens with one attached hydrogen (secondary N) is 1. The summed E-state index contributed by atoms with van der Waals surface area (Å²) in [7, 11) is -2.99. The molecular weight excluding hydrogens is 498 g/mol. The molecule has 1 heterocycles. The second-order valence-corrected chi connectivity index (χ2v) is 14.0. The van der Waals surface area contributed by atoms with Gasteiger partial charge in [-0.3, -0.25) is 0 Å². The molecule has 206 valence electrons. The van der Waals surface area contributed by atoms with E-state index in [0.29, 0.717) is 18.0 Å². The Hall–Kier alpha value is -3.13. The van der Waals surface area contributed by atoms with Crippen molar-refractivity contribution < 1.29 is 17.9 Å². The molecular formula is C30H41N3O4S. The van der Waals surface area contributed by atoms with Gasteiger partial charge in [0.1, 0.15) is 5.82 Å². The average molecular weight is 540 g/mol. The van der Waals surface area contributed by atoms with Gasteiger partial charge in [-0.2, -0.15) is 0 Å². The first-order valence-corrected chi connectivity index (χ1v) is 14.4. The van der Waals surface area contributed by atoms with E-state index in [1.165, 1.54) is 0 Å². The second kappa shape index (κ2) is 10.9. The standard InChI is InChI=1S/C30H41N3O4S/c1-20(2)16-22-12-15-25(38(35,36)32-28(34)37-9)24(17-22)23-13-10-21(11-14-23)18-33-19-26(29(3,4)5)31-27(33)30(6,7)8/h10-15,17,19-20H,16,18H2,1-9H3,(H,32,34). The lowest BCUT2D eigenvalue weighted by Crippen LogP contribution is -2.30. The first-order chi connectivity index (χ1) is 17.5. The number of sulfonamides is 1. The summed E-state index contributed by atoms with van der Waals surface area (Å²) in [4.78, 5) is 16.7. The summed E-state index contributed by atoms with van der Waals surface area (Å²) in [6.07, 6.45) is 1.91. The fraction of sp³-hybridized carbons (Fsp3) is 0.467. The molecule has 0 atom stereocenters. The van der Waals surface area contributed by atoms with E-state index < -0.39 is 16.1 Å². The van der Waals surface area contributed by atoms with Gasteiger partial charge in [-0.25, -0.2) is 22.9 Å². The summed E-state index contributed by atoms with van der Waals surface area (Å²) in [6, 6.07) is 13.1. The van der Waals surface area contributed by atoms with Gasteiger partial charge in [0.15, 0.2) is 0 Å². The lowest BCUT2D eigenvalue weighted by Gasteiger charge is -2.20. The van der Waals surface area contributed by atoms with Gasteiger partial charge in [0.25, 0.3) is 10.0 Å². The lowest BCUT2D eigenvalue weighted by molar-refractivity contribution is 0.177. The maximum atomic E-state index is 13.0. The molecule has 0 saturated heterocycles. The van der Waals surface area contributed by atoms with Gasteiger partial charge in [0.05, 0.1) is 17.7 Å². The predicted molar refractivity (Wildman–Crippen MR) is 152 cm³/mol. The summed E-state index contributed by atoms with van der Waals surface area (Å²) in [5.41, 5.74) is 4.27. The fourth-order valence-corrected chi connectivity index (χ4v) is 5.45. The lowest BCUT2D eigenvalue weighted by atomic mass is 9.92. The number of hydrogen-bond acceptors (Lipinski definition) is 5. The van der Waals surface area contributed by atoms with Crippen LogP contribution < -0.4 is 4.72 Å². The highest BCUT2D eigenvalue weighted by Gasteiger charge is 2.26. The predicted octanol–water partition coefficient (Wildman–Crippen LogP) is 6.44. The minimum absolute atomic E-state index is 0.0302. The van der Waals surface area contributed by atoms with Crippen LogP contribution in [-0.4, -0.2) is 31.2 Å². The summed E-state index contributed by atoms with van der Waals surface area (Å²) in [6.45, 7) is 17.9. The molecule has 0 aliphatic carbocycles. The van der Waals surface area contributed by atoms with Gasteiger partial charge in [0, 0.05) is 29.1 Å². The van der Waals surface area contributed by atoms with E-state index in [4.69, 9.17) is 4.98 Å². The van der Waals surface area contributed by atoms with Crippen LogP contribution in [0.4, 0.5) is 4.79 Å². The van der Waals surface area contributed by atoms with E-state index in [-0.39, 0.29) is 15.7 Å². The van der Waals surface area contributed by atoms with Gasteiger partial charge >= 0.3 is 6.09 Å². The molecule has 0 unspecified atom stereocenters. The number of carbonyl (C=O) groups excluding carboxylic acids is 1. The molecule has 38 heavy (non-hydrogen) atoms. The van der Waals surface area contributed by atoms with Crippen molar-refractivity contribution >= 4 is 16.1 Å². The van der Waals surface area contributed by atoms with Gasteiger partial charge in [-0.05, 0) is 41.2 Å². The molecule has 0 aliphatic heterocycles. The summed E-state index contributed by atoms with van der Waals surface area (Å²) in [5.74, 6) is 1.43. The number of carbonyl (C=O) groups is 1. The smallest absolute Gasteiger partial charge is 0.420 e. The van der Waals surface area contributed by atoms with E-state index in [0.717, 1.165) is 41.7 Å². The van der Waals surface area contributed by atoms with Gasteiger partial charge in [0.2, 0.25) is 0 Å². The highest BCUT2D eigenvalue weighted by Crippen LogP contribution is 2.31. The van der Waals surface area contributed by atoms with Crippen molar-refractivity contribution in [2.24, 2.45) is 5.92 Å². The Morgan fingerprint density at radius 3 is 2.11 bits per heavy atom. The summed E-state index contributed by atoms with van der Waals surface area (Å²) >= 11 is 0. The van der Waals surface area contributed by atoms with Crippen molar-refractivity contribution in [3.8, 4) is 11.1 Å². The van der Waals surface area contributed by atoms with Crippen molar-refractivity contribution in [2.75, 3.05) is 7.11 Å². The van der Waals surface area contributed by atoms with Crippen LogP contribution in [0.25, 0.3) is 11.1 Å². The van der Waals surface area contributed by atoms with Crippen molar-refractivity contribution in [3.05, 3.63) is 71.3 Å². The maximum Gasteiger partial charge on any atom is 0.420 e. The van der Waals surface area contributed by atoms with Gasteiger partial charge < -0.3 is 9.30 Å². The minimum Gasteiger partial charge on any atom is -0.452 e. The quantitative estimate of drug-likeness (QED) is 0.373. The zero-order valence-corrected chi connectivity index (χ0v) is 24.9. The average Bonchev–Trinajstić information content (AvgIpc) is 3.24. The Morgan fingerprint density at radius 1 is 0.974 bits per heavy atom. The number of aromatic nitrogens is 2. The molecule has 7 nitrogen and oxygen atoms in total. The SMILES string of the molecule is COC(=O)NS(=O)(=O)c1ccc(CC(C)C)cc1-c1ccc(Cn2cc(C(C)(C)C)nc2C(C)(C)C)cc1. The van der Waals surface area contributed by atoms with Crippen molar-refractivity contribution in [1.82, 2.24) is 14.3 Å². The second-order valence-electron chi connectivity index (χ2n) is 12.3. The Morgan fingerprint density at radius 2 is 1.58 bits per heavy atom. The Labute approximate surface area is 227 Å². The number of amides is 1. The molecule has 0 spiro atoms. The number of imidazole rings is 1. The molecule has 0 saturated carbocycles. The largest absolute Gasteiger partial charge is 0.452 e. The molecule has 3 aromatic rings. The van der Waals surface area contributed by atoms with Crippen LogP contribution in [0.1, 0.15) is 78.0 Å². The highest BCUT2D eigenvalue weighted by molar-refractivity contribution is 7.90. The Kier molecular flexibility index (Phi) is 8.46. The highest BCUT2D eigenvalue weighted by atomic mass is 32.2. The van der Waals surface area contributed by atoms with Crippen LogP contribution in [0.15, 0.2) is 53.6 Å². The molecule has 2 aromatic carbocycles. The normalized spacial score (nSPS) is 12.6. The number of rotatable bonds is 7. The van der Waals surface area contributed by atoms with Crippen molar-refractivity contribution in [1.29, 1.82) is 0 Å². The number of benzene rings is 2. The third-order valence-electron chi connectivity index (χ3n) is 6.21. The number of methoxy groups -OCH3 is 1.